The summed E-state index contributed by atoms with van der Waals surface area (Å²) >= 11 is 0. The van der Waals surface area contributed by atoms with E-state index in [1.807, 2.05) is 20.8 Å². The van der Waals surface area contributed by atoms with Crippen LogP contribution in [0.3, 0.4) is 0 Å². The summed E-state index contributed by atoms with van der Waals surface area (Å²) in [6, 6.07) is 0.321. The van der Waals surface area contributed by atoms with Crippen molar-refractivity contribution in [3.8, 4) is 5.75 Å². The summed E-state index contributed by atoms with van der Waals surface area (Å²) in [5, 5.41) is 13.5. The molecular weight excluding hydrogens is 140 g/mol. The predicted molar refractivity (Wildman–Crippen MR) is 43.7 cm³/mol. The van der Waals surface area contributed by atoms with E-state index in [2.05, 4.69) is 5.10 Å². The molecule has 3 nitrogen and oxygen atoms in total. The first kappa shape index (κ1) is 8.11. The molecule has 0 bridgehead atoms. The number of nitrogens with zero attached hydrogens (tertiary/aromatic N) is 2. The van der Waals surface area contributed by atoms with Gasteiger partial charge in [-0.1, -0.05) is 6.92 Å². The molecule has 0 amide bonds. The van der Waals surface area contributed by atoms with Gasteiger partial charge < -0.3 is 5.11 Å². The lowest BCUT2D eigenvalue weighted by molar-refractivity contribution is 0.466. The van der Waals surface area contributed by atoms with Crippen molar-refractivity contribution in [3.05, 3.63) is 11.9 Å². The summed E-state index contributed by atoms with van der Waals surface area (Å²) in [5.41, 5.74) is 0.777. The molecule has 0 radical (unpaired) electrons. The zero-order chi connectivity index (χ0) is 8.43. The third kappa shape index (κ3) is 1.53. The van der Waals surface area contributed by atoms with E-state index in [0.29, 0.717) is 11.8 Å². The van der Waals surface area contributed by atoms with Crippen LogP contribution in [0.25, 0.3) is 0 Å². The fourth-order valence-corrected chi connectivity index (χ4v) is 0.936. The van der Waals surface area contributed by atoms with Crippen LogP contribution in [-0.4, -0.2) is 14.9 Å². The lowest BCUT2D eigenvalue weighted by Gasteiger charge is -2.02. The molecule has 1 aromatic heterocycles. The monoisotopic (exact) mass is 154 g/mol. The van der Waals surface area contributed by atoms with Crippen LogP contribution in [0.5, 0.6) is 5.75 Å². The first-order chi connectivity index (χ1) is 5.15. The van der Waals surface area contributed by atoms with Gasteiger partial charge in [-0.2, -0.15) is 5.10 Å². The standard InChI is InChI=1S/C8H14N2O/c1-4-7-8(11)5-10(9-7)6(2)3/h5-6,11H,4H2,1-3H3. The van der Waals surface area contributed by atoms with E-state index < -0.39 is 0 Å². The second kappa shape index (κ2) is 2.95. The van der Waals surface area contributed by atoms with Gasteiger partial charge in [-0.25, -0.2) is 0 Å². The topological polar surface area (TPSA) is 38.0 Å². The number of aryl methyl sites for hydroxylation is 1. The van der Waals surface area contributed by atoms with Gasteiger partial charge in [-0.15, -0.1) is 0 Å². The van der Waals surface area contributed by atoms with Gasteiger partial charge in [0.1, 0.15) is 5.69 Å². The highest BCUT2D eigenvalue weighted by Crippen LogP contribution is 2.17. The molecule has 62 valence electrons. The van der Waals surface area contributed by atoms with E-state index in [1.54, 1.807) is 10.9 Å². The molecule has 0 spiro atoms. The molecule has 0 aliphatic carbocycles. The van der Waals surface area contributed by atoms with E-state index >= 15 is 0 Å². The van der Waals surface area contributed by atoms with Gasteiger partial charge in [-0.3, -0.25) is 4.68 Å². The van der Waals surface area contributed by atoms with Crippen LogP contribution >= 0.6 is 0 Å². The van der Waals surface area contributed by atoms with Crippen molar-refractivity contribution in [1.82, 2.24) is 9.78 Å². The minimum Gasteiger partial charge on any atom is -0.504 e. The average molecular weight is 154 g/mol. The minimum absolute atomic E-state index is 0.307. The zero-order valence-corrected chi connectivity index (χ0v) is 7.20. The quantitative estimate of drug-likeness (QED) is 0.704. The van der Waals surface area contributed by atoms with Crippen LogP contribution in [0, 0.1) is 0 Å². The van der Waals surface area contributed by atoms with Crippen LogP contribution < -0.4 is 0 Å². The van der Waals surface area contributed by atoms with Gasteiger partial charge in [0, 0.05) is 6.04 Å². The van der Waals surface area contributed by atoms with Gasteiger partial charge >= 0.3 is 0 Å². The predicted octanol–water partition coefficient (Wildman–Crippen LogP) is 1.73. The fourth-order valence-electron chi connectivity index (χ4n) is 0.936. The lowest BCUT2D eigenvalue weighted by atomic mass is 10.3. The normalized spacial score (nSPS) is 10.9. The highest BCUT2D eigenvalue weighted by atomic mass is 16.3. The summed E-state index contributed by atoms with van der Waals surface area (Å²) < 4.78 is 1.77. The molecule has 1 aromatic rings. The summed E-state index contributed by atoms with van der Waals surface area (Å²) in [6.07, 6.45) is 2.45. The maximum Gasteiger partial charge on any atom is 0.156 e. The minimum atomic E-state index is 0.307. The molecule has 0 saturated heterocycles. The molecule has 0 atom stereocenters. The summed E-state index contributed by atoms with van der Waals surface area (Å²) in [7, 11) is 0. The molecule has 0 unspecified atom stereocenters. The van der Waals surface area contributed by atoms with Crippen LogP contribution in [-0.2, 0) is 6.42 Å². The SMILES string of the molecule is CCc1nn(C(C)C)cc1O. The number of hydrogen-bond donors (Lipinski definition) is 1. The Balaban J connectivity index is 2.95. The van der Waals surface area contributed by atoms with Crippen molar-refractivity contribution < 1.29 is 5.11 Å². The number of rotatable bonds is 2. The molecular formula is C8H14N2O. The molecule has 0 fully saturated rings. The smallest absolute Gasteiger partial charge is 0.156 e. The van der Waals surface area contributed by atoms with E-state index in [9.17, 15) is 5.11 Å². The van der Waals surface area contributed by atoms with Crippen molar-refractivity contribution in [3.63, 3.8) is 0 Å². The summed E-state index contributed by atoms with van der Waals surface area (Å²) in [5.74, 6) is 0.307. The van der Waals surface area contributed by atoms with Gasteiger partial charge in [-0.05, 0) is 20.3 Å². The lowest BCUT2D eigenvalue weighted by Crippen LogP contribution is -2.01. The van der Waals surface area contributed by atoms with Gasteiger partial charge in [0.25, 0.3) is 0 Å². The maximum atomic E-state index is 9.30. The number of aromatic hydroxyl groups is 1. The second-order valence-electron chi connectivity index (χ2n) is 2.89. The van der Waals surface area contributed by atoms with E-state index in [0.717, 1.165) is 12.1 Å². The Hall–Kier alpha value is -0.990. The van der Waals surface area contributed by atoms with Crippen molar-refractivity contribution in [2.75, 3.05) is 0 Å². The third-order valence-corrected chi connectivity index (χ3v) is 1.65. The van der Waals surface area contributed by atoms with Gasteiger partial charge in [0.15, 0.2) is 5.75 Å². The molecule has 0 aromatic carbocycles. The average Bonchev–Trinajstić information content (AvgIpc) is 2.31. The molecule has 0 aliphatic heterocycles. The van der Waals surface area contributed by atoms with Crippen molar-refractivity contribution >= 4 is 0 Å². The second-order valence-corrected chi connectivity index (χ2v) is 2.89. The Morgan fingerprint density at radius 3 is 2.55 bits per heavy atom. The Labute approximate surface area is 66.7 Å². The Morgan fingerprint density at radius 2 is 2.27 bits per heavy atom. The van der Waals surface area contributed by atoms with E-state index in [4.69, 9.17) is 0 Å². The number of hydrogen-bond acceptors (Lipinski definition) is 2. The highest BCUT2D eigenvalue weighted by molar-refractivity contribution is 5.22. The maximum absolute atomic E-state index is 9.30. The number of aromatic nitrogens is 2. The van der Waals surface area contributed by atoms with Crippen LogP contribution in [0.1, 0.15) is 32.5 Å². The fraction of sp³-hybridized carbons (Fsp3) is 0.625. The largest absolute Gasteiger partial charge is 0.504 e. The highest BCUT2D eigenvalue weighted by Gasteiger charge is 2.06. The molecule has 0 saturated carbocycles. The summed E-state index contributed by atoms with van der Waals surface area (Å²) in [6.45, 7) is 6.05. The molecule has 1 heterocycles. The Morgan fingerprint density at radius 1 is 1.64 bits per heavy atom. The van der Waals surface area contributed by atoms with Crippen LogP contribution in [0.2, 0.25) is 0 Å². The van der Waals surface area contributed by atoms with Crippen molar-refractivity contribution in [2.45, 2.75) is 33.2 Å². The van der Waals surface area contributed by atoms with E-state index in [1.165, 1.54) is 0 Å². The molecule has 3 heteroatoms. The molecule has 0 aliphatic rings. The first-order valence-corrected chi connectivity index (χ1v) is 3.92. The first-order valence-electron chi connectivity index (χ1n) is 3.92. The molecule has 1 N–H and O–H groups in total. The van der Waals surface area contributed by atoms with Crippen molar-refractivity contribution in [2.24, 2.45) is 0 Å². The van der Waals surface area contributed by atoms with Gasteiger partial charge in [0.05, 0.1) is 6.20 Å². The molecule has 1 rings (SSSR count). The summed E-state index contributed by atoms with van der Waals surface area (Å²) in [4.78, 5) is 0. The van der Waals surface area contributed by atoms with Crippen LogP contribution in [0.15, 0.2) is 6.20 Å². The molecule has 11 heavy (non-hydrogen) atoms. The zero-order valence-electron chi connectivity index (χ0n) is 7.20. The van der Waals surface area contributed by atoms with Gasteiger partial charge in [0.2, 0.25) is 0 Å². The third-order valence-electron chi connectivity index (χ3n) is 1.65. The van der Waals surface area contributed by atoms with Crippen LogP contribution in [0.4, 0.5) is 0 Å². The Kier molecular flexibility index (Phi) is 2.17. The van der Waals surface area contributed by atoms with E-state index in [-0.39, 0.29) is 0 Å². The van der Waals surface area contributed by atoms with Crippen molar-refractivity contribution in [1.29, 1.82) is 0 Å². The Bertz CT molecular complexity index is 240.